The van der Waals surface area contributed by atoms with Crippen LogP contribution in [-0.2, 0) is 16.6 Å². The van der Waals surface area contributed by atoms with Gasteiger partial charge in [0.2, 0.25) is 10.0 Å². The van der Waals surface area contributed by atoms with Crippen molar-refractivity contribution in [2.45, 2.75) is 11.4 Å². The van der Waals surface area contributed by atoms with Gasteiger partial charge in [0, 0.05) is 22.9 Å². The largest absolute Gasteiger partial charge is 0.417 e. The number of aromatic nitrogens is 3. The fourth-order valence-corrected chi connectivity index (χ4v) is 3.81. The molecule has 0 aliphatic carbocycles. The number of pyridine rings is 1. The Morgan fingerprint density at radius 3 is 2.92 bits per heavy atom. The van der Waals surface area contributed by atoms with Gasteiger partial charge >= 0.3 is 5.76 Å². The number of nitrogens with zero attached hydrogens (tertiary/aromatic N) is 2. The lowest BCUT2D eigenvalue weighted by Gasteiger charge is -2.04. The molecule has 0 spiro atoms. The Morgan fingerprint density at radius 1 is 1.24 bits per heavy atom. The number of nitrogens with one attached hydrogen (secondary N) is 2. The first-order chi connectivity index (χ1) is 11.9. The summed E-state index contributed by atoms with van der Waals surface area (Å²) in [5.74, 6) is -0.631. The van der Waals surface area contributed by atoms with Crippen molar-refractivity contribution in [3.05, 3.63) is 63.4 Å². The molecule has 25 heavy (non-hydrogen) atoms. The zero-order chi connectivity index (χ0) is 17.6. The zero-order valence-corrected chi connectivity index (χ0v) is 15.0. The van der Waals surface area contributed by atoms with Crippen LogP contribution < -0.4 is 10.5 Å². The minimum absolute atomic E-state index is 0.00857. The fraction of sp³-hybridized carbons (Fsp3) is 0.0667. The summed E-state index contributed by atoms with van der Waals surface area (Å²) in [6.45, 7) is 0.0384. The van der Waals surface area contributed by atoms with Gasteiger partial charge in [0.25, 0.3) is 0 Å². The monoisotopic (exact) mass is 422 g/mol. The quantitative estimate of drug-likeness (QED) is 0.522. The van der Waals surface area contributed by atoms with Crippen molar-refractivity contribution >= 4 is 42.7 Å². The normalized spacial score (nSPS) is 12.2. The Bertz CT molecular complexity index is 1260. The van der Waals surface area contributed by atoms with E-state index in [-0.39, 0.29) is 17.0 Å². The molecule has 0 bridgehead atoms. The van der Waals surface area contributed by atoms with E-state index in [4.69, 9.17) is 4.42 Å². The number of imidazole rings is 1. The third-order valence-corrected chi connectivity index (χ3v) is 5.48. The second-order valence-corrected chi connectivity index (χ2v) is 8.02. The highest BCUT2D eigenvalue weighted by molar-refractivity contribution is 9.10. The van der Waals surface area contributed by atoms with E-state index in [1.807, 2.05) is 18.3 Å². The molecule has 2 N–H and O–H groups in total. The van der Waals surface area contributed by atoms with E-state index in [0.717, 1.165) is 4.47 Å². The van der Waals surface area contributed by atoms with Crippen LogP contribution in [0.5, 0.6) is 0 Å². The molecule has 0 aliphatic rings. The number of benzene rings is 1. The fourth-order valence-electron chi connectivity index (χ4n) is 2.45. The first-order valence-electron chi connectivity index (χ1n) is 7.16. The molecule has 128 valence electrons. The van der Waals surface area contributed by atoms with Crippen LogP contribution in [0.3, 0.4) is 0 Å². The lowest BCUT2D eigenvalue weighted by Crippen LogP contribution is -2.23. The molecule has 0 saturated carbocycles. The summed E-state index contributed by atoms with van der Waals surface area (Å²) in [4.78, 5) is 18.0. The summed E-state index contributed by atoms with van der Waals surface area (Å²) in [5, 5.41) is 0. The molecule has 0 unspecified atom stereocenters. The second-order valence-electron chi connectivity index (χ2n) is 5.34. The molecule has 0 amide bonds. The number of aromatic amines is 1. The topological polar surface area (TPSA) is 109 Å². The van der Waals surface area contributed by atoms with Gasteiger partial charge in [-0.15, -0.1) is 0 Å². The van der Waals surface area contributed by atoms with Gasteiger partial charge in [-0.3, -0.25) is 4.98 Å². The van der Waals surface area contributed by atoms with Gasteiger partial charge < -0.3 is 8.82 Å². The van der Waals surface area contributed by atoms with Crippen LogP contribution in [0.25, 0.3) is 16.7 Å². The molecule has 1 aromatic carbocycles. The number of sulfonamides is 1. The van der Waals surface area contributed by atoms with Gasteiger partial charge in [-0.25, -0.2) is 22.9 Å². The minimum atomic E-state index is -3.77. The number of fused-ring (bicyclic) bond motifs is 2. The summed E-state index contributed by atoms with van der Waals surface area (Å²) in [6.07, 6.45) is 3.58. The summed E-state index contributed by atoms with van der Waals surface area (Å²) in [7, 11) is -3.77. The van der Waals surface area contributed by atoms with Crippen LogP contribution >= 0.6 is 15.9 Å². The van der Waals surface area contributed by atoms with E-state index >= 15 is 0 Å². The number of H-pyrrole nitrogens is 1. The first-order valence-corrected chi connectivity index (χ1v) is 9.44. The summed E-state index contributed by atoms with van der Waals surface area (Å²) < 4.78 is 35.0. The van der Waals surface area contributed by atoms with Crippen LogP contribution in [-0.4, -0.2) is 22.8 Å². The molecule has 8 nitrogen and oxygen atoms in total. The van der Waals surface area contributed by atoms with Gasteiger partial charge in [0.05, 0.1) is 22.7 Å². The predicted octanol–water partition coefficient (Wildman–Crippen LogP) is 2.01. The van der Waals surface area contributed by atoms with E-state index in [0.29, 0.717) is 16.9 Å². The van der Waals surface area contributed by atoms with Crippen molar-refractivity contribution in [2.24, 2.45) is 0 Å². The number of rotatable bonds is 4. The Balaban J connectivity index is 1.59. The standard InChI is InChI=1S/C15H11BrN4O4S/c16-9-1-4-14-18-10(8-20(14)7-9)6-17-25(22,23)11-2-3-12-13(5-11)24-15(21)19-12/h1-5,7-8,17H,6H2,(H,19,21). The van der Waals surface area contributed by atoms with Gasteiger partial charge in [0.15, 0.2) is 5.58 Å². The maximum Gasteiger partial charge on any atom is 0.417 e. The van der Waals surface area contributed by atoms with Crippen LogP contribution in [0.4, 0.5) is 0 Å². The van der Waals surface area contributed by atoms with Gasteiger partial charge in [-0.2, -0.15) is 0 Å². The Kier molecular flexibility index (Phi) is 3.74. The third-order valence-electron chi connectivity index (χ3n) is 3.61. The van der Waals surface area contributed by atoms with Crippen molar-refractivity contribution in [3.63, 3.8) is 0 Å². The summed E-state index contributed by atoms with van der Waals surface area (Å²) >= 11 is 3.37. The average Bonchev–Trinajstić information content (AvgIpc) is 3.13. The number of oxazole rings is 1. The van der Waals surface area contributed by atoms with Crippen molar-refractivity contribution in [1.82, 2.24) is 19.1 Å². The van der Waals surface area contributed by atoms with Crippen LogP contribution in [0.1, 0.15) is 5.69 Å². The van der Waals surface area contributed by atoms with E-state index < -0.39 is 15.8 Å². The lowest BCUT2D eigenvalue weighted by atomic mass is 10.3. The SMILES string of the molecule is O=c1[nH]c2ccc(S(=O)(=O)NCc3cn4cc(Br)ccc4n3)cc2o1. The van der Waals surface area contributed by atoms with Gasteiger partial charge in [-0.05, 0) is 40.2 Å². The van der Waals surface area contributed by atoms with Gasteiger partial charge in [0.1, 0.15) is 5.65 Å². The Hall–Kier alpha value is -2.43. The van der Waals surface area contributed by atoms with Crippen LogP contribution in [0.15, 0.2) is 61.3 Å². The molecule has 0 radical (unpaired) electrons. The maximum absolute atomic E-state index is 12.4. The minimum Gasteiger partial charge on any atom is -0.408 e. The molecular weight excluding hydrogens is 412 g/mol. The van der Waals surface area contributed by atoms with E-state index in [2.05, 4.69) is 30.6 Å². The summed E-state index contributed by atoms with van der Waals surface area (Å²) in [6, 6.07) is 7.87. The Labute approximate surface area is 149 Å². The molecule has 0 saturated heterocycles. The number of halogens is 1. The molecule has 10 heteroatoms. The van der Waals surface area contributed by atoms with Crippen molar-refractivity contribution in [3.8, 4) is 0 Å². The zero-order valence-electron chi connectivity index (χ0n) is 12.6. The molecule has 0 aliphatic heterocycles. The average molecular weight is 423 g/mol. The lowest BCUT2D eigenvalue weighted by molar-refractivity contribution is 0.553. The van der Waals surface area contributed by atoms with E-state index in [1.54, 1.807) is 10.6 Å². The molecule has 4 rings (SSSR count). The molecule has 3 heterocycles. The van der Waals surface area contributed by atoms with Crippen molar-refractivity contribution in [2.75, 3.05) is 0 Å². The second kappa shape index (κ2) is 5.83. The van der Waals surface area contributed by atoms with Crippen LogP contribution in [0, 0.1) is 0 Å². The van der Waals surface area contributed by atoms with Gasteiger partial charge in [-0.1, -0.05) is 0 Å². The first kappa shape index (κ1) is 16.1. The predicted molar refractivity (Wildman–Crippen MR) is 93.8 cm³/mol. The highest BCUT2D eigenvalue weighted by Gasteiger charge is 2.16. The highest BCUT2D eigenvalue weighted by Crippen LogP contribution is 2.17. The molecule has 0 atom stereocenters. The Morgan fingerprint density at radius 2 is 2.08 bits per heavy atom. The molecule has 4 aromatic rings. The number of hydrogen-bond donors (Lipinski definition) is 2. The number of hydrogen-bond acceptors (Lipinski definition) is 5. The van der Waals surface area contributed by atoms with Crippen molar-refractivity contribution < 1.29 is 12.8 Å². The van der Waals surface area contributed by atoms with Crippen molar-refractivity contribution in [1.29, 1.82) is 0 Å². The van der Waals surface area contributed by atoms with Crippen LogP contribution in [0.2, 0.25) is 0 Å². The molecule has 0 fully saturated rings. The third kappa shape index (κ3) is 3.11. The summed E-state index contributed by atoms with van der Waals surface area (Å²) in [5.41, 5.74) is 1.92. The maximum atomic E-state index is 12.4. The van der Waals surface area contributed by atoms with E-state index in [9.17, 15) is 13.2 Å². The smallest absolute Gasteiger partial charge is 0.408 e. The highest BCUT2D eigenvalue weighted by atomic mass is 79.9. The molecule has 3 aromatic heterocycles. The van der Waals surface area contributed by atoms with E-state index in [1.165, 1.54) is 18.2 Å². The molecular formula is C15H11BrN4O4S.